The van der Waals surface area contributed by atoms with Crippen LogP contribution < -0.4 is 0 Å². The van der Waals surface area contributed by atoms with Gasteiger partial charge in [-0.3, -0.25) is 9.48 Å². The van der Waals surface area contributed by atoms with Gasteiger partial charge in [0.1, 0.15) is 0 Å². The first kappa shape index (κ1) is 13.1. The maximum Gasteiger partial charge on any atom is 0.257 e. The van der Waals surface area contributed by atoms with Crippen LogP contribution in [-0.2, 0) is 6.54 Å². The number of likely N-dealkylation sites (tertiary alicyclic amines) is 1. The van der Waals surface area contributed by atoms with E-state index in [2.05, 4.69) is 5.10 Å². The quantitative estimate of drug-likeness (QED) is 0.877. The topological polar surface area (TPSA) is 58.4 Å². The van der Waals surface area contributed by atoms with E-state index in [1.165, 1.54) is 0 Å². The Morgan fingerprint density at radius 3 is 3.06 bits per heavy atom. The van der Waals surface area contributed by atoms with E-state index in [0.717, 1.165) is 25.9 Å². The fraction of sp³-hybridized carbons (Fsp3) is 0.692. The van der Waals surface area contributed by atoms with Gasteiger partial charge in [-0.15, -0.1) is 0 Å². The van der Waals surface area contributed by atoms with Crippen LogP contribution in [-0.4, -0.2) is 44.4 Å². The molecule has 0 bridgehead atoms. The first-order chi connectivity index (χ1) is 8.61. The van der Waals surface area contributed by atoms with E-state index in [1.807, 2.05) is 11.8 Å². The minimum Gasteiger partial charge on any atom is -0.393 e. The highest BCUT2D eigenvalue weighted by Gasteiger charge is 2.30. The lowest BCUT2D eigenvalue weighted by Crippen LogP contribution is -2.37. The van der Waals surface area contributed by atoms with Crippen molar-refractivity contribution in [2.24, 2.45) is 0 Å². The molecule has 0 aromatic carbocycles. The maximum absolute atomic E-state index is 12.4. The van der Waals surface area contributed by atoms with Gasteiger partial charge in [0, 0.05) is 25.3 Å². The molecule has 0 aliphatic carbocycles. The Kier molecular flexibility index (Phi) is 4.01. The standard InChI is InChI=1S/C13H21N3O2/c1-3-15-9-11(8-14-15)13(18)16-6-4-5-12(16)7-10(2)17/h8-10,12,17H,3-7H2,1-2H3/t10-,12+/m0/s1. The molecule has 1 aliphatic heterocycles. The van der Waals surface area contributed by atoms with Crippen LogP contribution in [0.3, 0.4) is 0 Å². The molecular weight excluding hydrogens is 230 g/mol. The largest absolute Gasteiger partial charge is 0.393 e. The van der Waals surface area contributed by atoms with Crippen LogP contribution in [0.4, 0.5) is 0 Å². The molecule has 1 aromatic rings. The summed E-state index contributed by atoms with van der Waals surface area (Å²) in [6.45, 7) is 5.32. The SMILES string of the molecule is CCn1cc(C(=O)N2CCC[C@@H]2C[C@H](C)O)cn1. The average Bonchev–Trinajstić information content (AvgIpc) is 2.95. The smallest absolute Gasteiger partial charge is 0.257 e. The summed E-state index contributed by atoms with van der Waals surface area (Å²) >= 11 is 0. The zero-order chi connectivity index (χ0) is 13.1. The third-order valence-corrected chi connectivity index (χ3v) is 3.46. The number of rotatable bonds is 4. The number of aliphatic hydroxyl groups is 1. The number of nitrogens with zero attached hydrogens (tertiary/aromatic N) is 3. The van der Waals surface area contributed by atoms with Crippen LogP contribution in [0.1, 0.15) is 43.5 Å². The molecule has 1 amide bonds. The fourth-order valence-electron chi connectivity index (χ4n) is 2.55. The van der Waals surface area contributed by atoms with Gasteiger partial charge in [0.25, 0.3) is 5.91 Å². The molecule has 2 rings (SSSR count). The molecule has 0 spiro atoms. The van der Waals surface area contributed by atoms with Crippen molar-refractivity contribution in [3.63, 3.8) is 0 Å². The van der Waals surface area contributed by atoms with Crippen LogP contribution in [0.5, 0.6) is 0 Å². The van der Waals surface area contributed by atoms with E-state index in [4.69, 9.17) is 0 Å². The predicted molar refractivity (Wildman–Crippen MR) is 68.3 cm³/mol. The first-order valence-electron chi connectivity index (χ1n) is 6.63. The number of carbonyl (C=O) groups excluding carboxylic acids is 1. The van der Waals surface area contributed by atoms with Gasteiger partial charge in [0.2, 0.25) is 0 Å². The number of carbonyl (C=O) groups is 1. The van der Waals surface area contributed by atoms with Crippen LogP contribution >= 0.6 is 0 Å². The summed E-state index contributed by atoms with van der Waals surface area (Å²) in [6, 6.07) is 0.169. The summed E-state index contributed by atoms with van der Waals surface area (Å²) in [5.41, 5.74) is 0.648. The minimum atomic E-state index is -0.359. The summed E-state index contributed by atoms with van der Waals surface area (Å²) in [4.78, 5) is 14.2. The van der Waals surface area contributed by atoms with Crippen molar-refractivity contribution in [2.45, 2.75) is 51.8 Å². The molecule has 1 aliphatic rings. The first-order valence-corrected chi connectivity index (χ1v) is 6.63. The number of amides is 1. The van der Waals surface area contributed by atoms with E-state index >= 15 is 0 Å². The van der Waals surface area contributed by atoms with Crippen molar-refractivity contribution < 1.29 is 9.90 Å². The normalized spacial score (nSPS) is 21.3. The second-order valence-electron chi connectivity index (χ2n) is 4.96. The van der Waals surface area contributed by atoms with Crippen molar-refractivity contribution >= 4 is 5.91 Å². The summed E-state index contributed by atoms with van der Waals surface area (Å²) in [6.07, 6.45) is 5.72. The predicted octanol–water partition coefficient (Wildman–Crippen LogP) is 1.28. The fourth-order valence-corrected chi connectivity index (χ4v) is 2.55. The number of hydrogen-bond donors (Lipinski definition) is 1. The van der Waals surface area contributed by atoms with Gasteiger partial charge < -0.3 is 10.0 Å². The van der Waals surface area contributed by atoms with Gasteiger partial charge in [-0.05, 0) is 33.1 Å². The van der Waals surface area contributed by atoms with Gasteiger partial charge in [-0.1, -0.05) is 0 Å². The number of aromatic nitrogens is 2. The number of aliphatic hydroxyl groups excluding tert-OH is 1. The second kappa shape index (κ2) is 5.52. The molecule has 0 unspecified atom stereocenters. The van der Waals surface area contributed by atoms with Crippen LogP contribution in [0, 0.1) is 0 Å². The van der Waals surface area contributed by atoms with Crippen molar-refractivity contribution in [3.05, 3.63) is 18.0 Å². The van der Waals surface area contributed by atoms with Crippen molar-refractivity contribution in [1.29, 1.82) is 0 Å². The Morgan fingerprint density at radius 2 is 2.44 bits per heavy atom. The number of hydrogen-bond acceptors (Lipinski definition) is 3. The number of aryl methyl sites for hydroxylation is 1. The van der Waals surface area contributed by atoms with E-state index in [1.54, 1.807) is 24.0 Å². The summed E-state index contributed by atoms with van der Waals surface area (Å²) in [5, 5.41) is 13.6. The van der Waals surface area contributed by atoms with Crippen LogP contribution in [0.25, 0.3) is 0 Å². The van der Waals surface area contributed by atoms with Gasteiger partial charge >= 0.3 is 0 Å². The van der Waals surface area contributed by atoms with Crippen LogP contribution in [0.2, 0.25) is 0 Å². The van der Waals surface area contributed by atoms with E-state index in [-0.39, 0.29) is 18.1 Å². The zero-order valence-electron chi connectivity index (χ0n) is 11.0. The van der Waals surface area contributed by atoms with Crippen molar-refractivity contribution in [1.82, 2.24) is 14.7 Å². The zero-order valence-corrected chi connectivity index (χ0v) is 11.0. The molecular formula is C13H21N3O2. The van der Waals surface area contributed by atoms with E-state index < -0.39 is 0 Å². The molecule has 1 aromatic heterocycles. The Balaban J connectivity index is 2.07. The highest BCUT2D eigenvalue weighted by molar-refractivity contribution is 5.94. The molecule has 18 heavy (non-hydrogen) atoms. The lowest BCUT2D eigenvalue weighted by molar-refractivity contribution is 0.0682. The molecule has 5 nitrogen and oxygen atoms in total. The Bertz CT molecular complexity index is 414. The van der Waals surface area contributed by atoms with Gasteiger partial charge in [0.15, 0.2) is 0 Å². The summed E-state index contributed by atoms with van der Waals surface area (Å²) in [7, 11) is 0. The summed E-state index contributed by atoms with van der Waals surface area (Å²) < 4.78 is 1.76. The second-order valence-corrected chi connectivity index (χ2v) is 4.96. The lowest BCUT2D eigenvalue weighted by Gasteiger charge is -2.25. The lowest BCUT2D eigenvalue weighted by atomic mass is 10.1. The molecule has 2 heterocycles. The van der Waals surface area contributed by atoms with Crippen LogP contribution in [0.15, 0.2) is 12.4 Å². The van der Waals surface area contributed by atoms with E-state index in [9.17, 15) is 9.90 Å². The molecule has 0 saturated carbocycles. The molecule has 0 radical (unpaired) electrons. The molecule has 2 atom stereocenters. The Labute approximate surface area is 107 Å². The molecule has 1 saturated heterocycles. The van der Waals surface area contributed by atoms with E-state index in [0.29, 0.717) is 12.0 Å². The molecule has 100 valence electrons. The third-order valence-electron chi connectivity index (χ3n) is 3.46. The molecule has 5 heteroatoms. The van der Waals surface area contributed by atoms with Gasteiger partial charge in [-0.25, -0.2) is 0 Å². The summed E-state index contributed by atoms with van der Waals surface area (Å²) in [5.74, 6) is 0.0397. The Morgan fingerprint density at radius 1 is 1.67 bits per heavy atom. The monoisotopic (exact) mass is 251 g/mol. The maximum atomic E-state index is 12.4. The minimum absolute atomic E-state index is 0.0397. The van der Waals surface area contributed by atoms with Crippen molar-refractivity contribution in [3.8, 4) is 0 Å². The molecule has 1 N–H and O–H groups in total. The highest BCUT2D eigenvalue weighted by Crippen LogP contribution is 2.23. The van der Waals surface area contributed by atoms with Gasteiger partial charge in [0.05, 0.1) is 17.9 Å². The molecule has 1 fully saturated rings. The van der Waals surface area contributed by atoms with Crippen molar-refractivity contribution in [2.75, 3.05) is 6.54 Å². The third kappa shape index (κ3) is 2.72. The highest BCUT2D eigenvalue weighted by atomic mass is 16.3. The average molecular weight is 251 g/mol. The van der Waals surface area contributed by atoms with Gasteiger partial charge in [-0.2, -0.15) is 5.10 Å². The Hall–Kier alpha value is -1.36.